The van der Waals surface area contributed by atoms with Gasteiger partial charge in [-0.05, 0) is 6.92 Å². The molecule has 1 aliphatic rings. The molecule has 0 bridgehead atoms. The van der Waals surface area contributed by atoms with Crippen molar-refractivity contribution in [3.63, 3.8) is 0 Å². The van der Waals surface area contributed by atoms with Gasteiger partial charge in [0.05, 0.1) is 5.25 Å². The van der Waals surface area contributed by atoms with Crippen molar-refractivity contribution >= 4 is 27.7 Å². The maximum atomic E-state index is 10.5. The van der Waals surface area contributed by atoms with Crippen LogP contribution >= 0.6 is 27.7 Å². The molecular formula is C5H8BrNO2S. The van der Waals surface area contributed by atoms with Crippen molar-refractivity contribution in [2.75, 3.05) is 5.75 Å². The molecule has 0 aliphatic carbocycles. The normalized spacial score (nSPS) is 40.0. The number of nitro groups is 1. The zero-order valence-electron chi connectivity index (χ0n) is 5.54. The van der Waals surface area contributed by atoms with Gasteiger partial charge in [-0.15, -0.1) is 0 Å². The molecule has 58 valence electrons. The lowest BCUT2D eigenvalue weighted by Gasteiger charge is -2.15. The molecule has 2 unspecified atom stereocenters. The monoisotopic (exact) mass is 225 g/mol. The second kappa shape index (κ2) is 2.70. The van der Waals surface area contributed by atoms with Crippen LogP contribution in [-0.2, 0) is 0 Å². The largest absolute Gasteiger partial charge is 0.286 e. The van der Waals surface area contributed by atoms with Crippen molar-refractivity contribution in [1.82, 2.24) is 0 Å². The summed E-state index contributed by atoms with van der Waals surface area (Å²) in [4.78, 5) is 10.3. The SMILES string of the molecule is CC1SCCC1(Br)[N+](=O)[O-]. The summed E-state index contributed by atoms with van der Waals surface area (Å²) >= 11 is 4.80. The molecule has 10 heavy (non-hydrogen) atoms. The van der Waals surface area contributed by atoms with Gasteiger partial charge in [-0.2, -0.15) is 11.8 Å². The molecule has 5 heteroatoms. The van der Waals surface area contributed by atoms with Crippen molar-refractivity contribution in [3.05, 3.63) is 10.1 Å². The van der Waals surface area contributed by atoms with E-state index in [9.17, 15) is 10.1 Å². The molecule has 0 aromatic rings. The number of thioether (sulfide) groups is 1. The van der Waals surface area contributed by atoms with Crippen LogP contribution in [0.5, 0.6) is 0 Å². The molecule has 1 saturated heterocycles. The Bertz CT molecular complexity index is 166. The standard InChI is InChI=1S/C5H8BrNO2S/c1-4-5(6,7(8)9)2-3-10-4/h4H,2-3H2,1H3. The highest BCUT2D eigenvalue weighted by molar-refractivity contribution is 9.10. The molecule has 1 rings (SSSR count). The smallest absolute Gasteiger partial charge is 0.263 e. The Labute approximate surface area is 71.8 Å². The first-order valence-electron chi connectivity index (χ1n) is 3.02. The average molecular weight is 226 g/mol. The number of rotatable bonds is 1. The fourth-order valence-electron chi connectivity index (χ4n) is 0.950. The molecule has 0 N–H and O–H groups in total. The zero-order chi connectivity index (χ0) is 7.78. The number of hydrogen-bond donors (Lipinski definition) is 0. The van der Waals surface area contributed by atoms with E-state index in [2.05, 4.69) is 15.9 Å². The molecule has 0 amide bonds. The molecule has 0 spiro atoms. The Morgan fingerprint density at radius 2 is 2.50 bits per heavy atom. The predicted octanol–water partition coefficient (Wildman–Crippen LogP) is 1.88. The third kappa shape index (κ3) is 1.16. The predicted molar refractivity (Wildman–Crippen MR) is 45.2 cm³/mol. The van der Waals surface area contributed by atoms with E-state index in [0.29, 0.717) is 6.42 Å². The van der Waals surface area contributed by atoms with E-state index in [0.717, 1.165) is 5.75 Å². The van der Waals surface area contributed by atoms with E-state index in [1.165, 1.54) is 0 Å². The summed E-state index contributed by atoms with van der Waals surface area (Å²) in [6.45, 7) is 1.88. The molecular weight excluding hydrogens is 218 g/mol. The van der Waals surface area contributed by atoms with Crippen molar-refractivity contribution in [3.8, 4) is 0 Å². The van der Waals surface area contributed by atoms with E-state index in [-0.39, 0.29) is 10.2 Å². The molecule has 1 fully saturated rings. The summed E-state index contributed by atoms with van der Waals surface area (Å²) in [6, 6.07) is 0. The van der Waals surface area contributed by atoms with Crippen molar-refractivity contribution in [1.29, 1.82) is 0 Å². The Hall–Kier alpha value is 0.230. The maximum absolute atomic E-state index is 10.5. The molecule has 0 radical (unpaired) electrons. The van der Waals surface area contributed by atoms with Gasteiger partial charge < -0.3 is 0 Å². The minimum atomic E-state index is -0.850. The van der Waals surface area contributed by atoms with Crippen molar-refractivity contribution < 1.29 is 4.92 Å². The van der Waals surface area contributed by atoms with Crippen LogP contribution in [0.25, 0.3) is 0 Å². The van der Waals surface area contributed by atoms with Gasteiger partial charge in [0.15, 0.2) is 0 Å². The van der Waals surface area contributed by atoms with E-state index in [4.69, 9.17) is 0 Å². The van der Waals surface area contributed by atoms with E-state index in [1.54, 1.807) is 11.8 Å². The highest BCUT2D eigenvalue weighted by atomic mass is 79.9. The summed E-state index contributed by atoms with van der Waals surface area (Å²) < 4.78 is -0.850. The Balaban J connectivity index is 2.75. The first-order chi connectivity index (χ1) is 4.57. The summed E-state index contributed by atoms with van der Waals surface area (Å²) in [6.07, 6.45) is 0.631. The number of alkyl halides is 1. The molecule has 3 nitrogen and oxygen atoms in total. The van der Waals surface area contributed by atoms with E-state index in [1.807, 2.05) is 6.92 Å². The quantitative estimate of drug-likeness (QED) is 0.296. The number of hydrogen-bond acceptors (Lipinski definition) is 3. The molecule has 1 heterocycles. The van der Waals surface area contributed by atoms with Gasteiger partial charge in [0, 0.05) is 33.0 Å². The highest BCUT2D eigenvalue weighted by Crippen LogP contribution is 2.42. The summed E-state index contributed by atoms with van der Waals surface area (Å²) in [5, 5.41) is 10.6. The lowest BCUT2D eigenvalue weighted by molar-refractivity contribution is -0.533. The Kier molecular flexibility index (Phi) is 2.24. The van der Waals surface area contributed by atoms with Crippen LogP contribution in [0.1, 0.15) is 13.3 Å². The molecule has 0 saturated carbocycles. The summed E-state index contributed by atoms with van der Waals surface area (Å²) in [5.41, 5.74) is 0. The number of nitrogens with zero attached hydrogens (tertiary/aromatic N) is 1. The lowest BCUT2D eigenvalue weighted by atomic mass is 10.2. The minimum Gasteiger partial charge on any atom is -0.263 e. The van der Waals surface area contributed by atoms with E-state index < -0.39 is 4.45 Å². The van der Waals surface area contributed by atoms with Gasteiger partial charge in [0.1, 0.15) is 0 Å². The third-order valence-corrected chi connectivity index (χ3v) is 4.75. The van der Waals surface area contributed by atoms with Crippen LogP contribution in [-0.4, -0.2) is 20.4 Å². The molecule has 0 aromatic carbocycles. The average Bonchev–Trinajstić information content (AvgIpc) is 2.15. The topological polar surface area (TPSA) is 43.1 Å². The lowest BCUT2D eigenvalue weighted by Crippen LogP contribution is -2.36. The highest BCUT2D eigenvalue weighted by Gasteiger charge is 2.49. The first kappa shape index (κ1) is 8.33. The summed E-state index contributed by atoms with van der Waals surface area (Å²) in [5.74, 6) is 0.882. The van der Waals surface area contributed by atoms with E-state index >= 15 is 0 Å². The minimum absolute atomic E-state index is 0.0856. The first-order valence-corrected chi connectivity index (χ1v) is 4.86. The number of halogens is 1. The van der Waals surface area contributed by atoms with Gasteiger partial charge in [-0.25, -0.2) is 0 Å². The van der Waals surface area contributed by atoms with Crippen molar-refractivity contribution in [2.24, 2.45) is 0 Å². The maximum Gasteiger partial charge on any atom is 0.286 e. The third-order valence-electron chi connectivity index (χ3n) is 1.75. The van der Waals surface area contributed by atoms with Gasteiger partial charge in [-0.1, -0.05) is 0 Å². The van der Waals surface area contributed by atoms with Crippen molar-refractivity contribution in [2.45, 2.75) is 23.0 Å². The molecule has 0 aromatic heterocycles. The van der Waals surface area contributed by atoms with Gasteiger partial charge in [0.25, 0.3) is 4.45 Å². The van der Waals surface area contributed by atoms with Crippen LogP contribution in [0.4, 0.5) is 0 Å². The summed E-state index contributed by atoms with van der Waals surface area (Å²) in [7, 11) is 0. The van der Waals surface area contributed by atoms with Gasteiger partial charge >= 0.3 is 0 Å². The van der Waals surface area contributed by atoms with Gasteiger partial charge in [-0.3, -0.25) is 10.1 Å². The second-order valence-electron chi connectivity index (χ2n) is 2.34. The fraction of sp³-hybridized carbons (Fsp3) is 1.00. The second-order valence-corrected chi connectivity index (χ2v) is 5.16. The molecule has 1 aliphatic heterocycles. The van der Waals surface area contributed by atoms with Crippen LogP contribution in [0.2, 0.25) is 0 Å². The Morgan fingerprint density at radius 1 is 1.90 bits per heavy atom. The van der Waals surface area contributed by atoms with Gasteiger partial charge in [0.2, 0.25) is 0 Å². The van der Waals surface area contributed by atoms with Crippen LogP contribution in [0, 0.1) is 10.1 Å². The molecule has 2 atom stereocenters. The van der Waals surface area contributed by atoms with Crippen LogP contribution in [0.3, 0.4) is 0 Å². The fourth-order valence-corrected chi connectivity index (χ4v) is 3.05. The Morgan fingerprint density at radius 3 is 2.70 bits per heavy atom. The van der Waals surface area contributed by atoms with Crippen LogP contribution < -0.4 is 0 Å². The zero-order valence-corrected chi connectivity index (χ0v) is 7.94. The van der Waals surface area contributed by atoms with Crippen LogP contribution in [0.15, 0.2) is 0 Å².